The molecule has 0 aliphatic heterocycles. The first-order valence-electron chi connectivity index (χ1n) is 6.26. The van der Waals surface area contributed by atoms with E-state index in [1.54, 1.807) is 0 Å². The van der Waals surface area contributed by atoms with E-state index >= 15 is 0 Å². The molecule has 0 radical (unpaired) electrons. The molecule has 0 fully saturated rings. The Balaban J connectivity index is 2.18. The van der Waals surface area contributed by atoms with Crippen molar-refractivity contribution in [1.82, 2.24) is 10.6 Å². The Kier molecular flexibility index (Phi) is 6.56. The second-order valence-corrected chi connectivity index (χ2v) is 5.28. The summed E-state index contributed by atoms with van der Waals surface area (Å²) < 4.78 is 0. The number of nitrogens with one attached hydrogen (secondary N) is 2. The van der Waals surface area contributed by atoms with Gasteiger partial charge in [0.05, 0.1) is 0 Å². The van der Waals surface area contributed by atoms with Gasteiger partial charge in [0.1, 0.15) is 0 Å². The SMILES string of the molecule is Cc1cc(Cl)ccc1CNCCNCC(C)C. The minimum atomic E-state index is 0.716. The van der Waals surface area contributed by atoms with Crippen LogP contribution in [0.4, 0.5) is 0 Å². The van der Waals surface area contributed by atoms with E-state index in [4.69, 9.17) is 11.6 Å². The van der Waals surface area contributed by atoms with Crippen molar-refractivity contribution in [2.45, 2.75) is 27.3 Å². The van der Waals surface area contributed by atoms with Crippen LogP contribution in [-0.2, 0) is 6.54 Å². The Morgan fingerprint density at radius 2 is 1.88 bits per heavy atom. The predicted octanol–water partition coefficient (Wildman–Crippen LogP) is 2.98. The van der Waals surface area contributed by atoms with Crippen molar-refractivity contribution in [2.75, 3.05) is 19.6 Å². The first-order valence-corrected chi connectivity index (χ1v) is 6.64. The number of rotatable bonds is 7. The van der Waals surface area contributed by atoms with E-state index in [0.717, 1.165) is 31.2 Å². The Labute approximate surface area is 110 Å². The minimum Gasteiger partial charge on any atom is -0.315 e. The fourth-order valence-corrected chi connectivity index (χ4v) is 1.87. The van der Waals surface area contributed by atoms with E-state index in [9.17, 15) is 0 Å². The van der Waals surface area contributed by atoms with Crippen molar-refractivity contribution in [2.24, 2.45) is 5.92 Å². The van der Waals surface area contributed by atoms with Gasteiger partial charge in [0.15, 0.2) is 0 Å². The highest BCUT2D eigenvalue weighted by Crippen LogP contribution is 2.14. The van der Waals surface area contributed by atoms with E-state index in [0.29, 0.717) is 5.92 Å². The first-order chi connectivity index (χ1) is 8.09. The molecule has 0 saturated carbocycles. The third-order valence-corrected chi connectivity index (χ3v) is 2.89. The fraction of sp³-hybridized carbons (Fsp3) is 0.571. The summed E-state index contributed by atoms with van der Waals surface area (Å²) in [7, 11) is 0. The number of hydrogen-bond donors (Lipinski definition) is 2. The summed E-state index contributed by atoms with van der Waals surface area (Å²) in [4.78, 5) is 0. The predicted molar refractivity (Wildman–Crippen MR) is 75.6 cm³/mol. The van der Waals surface area contributed by atoms with Crippen molar-refractivity contribution in [3.8, 4) is 0 Å². The number of halogens is 1. The lowest BCUT2D eigenvalue weighted by Gasteiger charge is -2.10. The van der Waals surface area contributed by atoms with Gasteiger partial charge < -0.3 is 10.6 Å². The highest BCUT2D eigenvalue weighted by Gasteiger charge is 1.98. The maximum absolute atomic E-state index is 5.92. The molecule has 2 N–H and O–H groups in total. The molecule has 0 spiro atoms. The lowest BCUT2D eigenvalue weighted by Crippen LogP contribution is -2.29. The summed E-state index contributed by atoms with van der Waals surface area (Å²) in [6.07, 6.45) is 0. The highest BCUT2D eigenvalue weighted by molar-refractivity contribution is 6.30. The second-order valence-electron chi connectivity index (χ2n) is 4.85. The minimum absolute atomic E-state index is 0.716. The molecule has 0 aromatic heterocycles. The molecule has 0 heterocycles. The van der Waals surface area contributed by atoms with Gasteiger partial charge in [-0.25, -0.2) is 0 Å². The van der Waals surface area contributed by atoms with Crippen LogP contribution in [0.3, 0.4) is 0 Å². The first kappa shape index (κ1) is 14.5. The summed E-state index contributed by atoms with van der Waals surface area (Å²) in [6, 6.07) is 6.05. The molecular formula is C14H23ClN2. The van der Waals surface area contributed by atoms with Crippen molar-refractivity contribution in [3.63, 3.8) is 0 Å². The topological polar surface area (TPSA) is 24.1 Å². The van der Waals surface area contributed by atoms with Gasteiger partial charge >= 0.3 is 0 Å². The van der Waals surface area contributed by atoms with Gasteiger partial charge in [-0.2, -0.15) is 0 Å². The molecule has 0 amide bonds. The van der Waals surface area contributed by atoms with Gasteiger partial charge in [-0.3, -0.25) is 0 Å². The molecule has 96 valence electrons. The van der Waals surface area contributed by atoms with E-state index in [1.807, 2.05) is 12.1 Å². The van der Waals surface area contributed by atoms with Crippen LogP contribution in [-0.4, -0.2) is 19.6 Å². The van der Waals surface area contributed by atoms with Crippen molar-refractivity contribution >= 4 is 11.6 Å². The van der Waals surface area contributed by atoms with Crippen LogP contribution in [0.2, 0.25) is 5.02 Å². The molecule has 1 aromatic carbocycles. The normalized spacial score (nSPS) is 11.1. The van der Waals surface area contributed by atoms with Crippen molar-refractivity contribution < 1.29 is 0 Å². The smallest absolute Gasteiger partial charge is 0.0408 e. The zero-order valence-corrected chi connectivity index (χ0v) is 11.8. The lowest BCUT2D eigenvalue weighted by molar-refractivity contribution is 0.535. The molecule has 1 rings (SSSR count). The Hall–Kier alpha value is -0.570. The summed E-state index contributed by atoms with van der Waals surface area (Å²) in [5.74, 6) is 0.716. The van der Waals surface area contributed by atoms with Crippen molar-refractivity contribution in [1.29, 1.82) is 0 Å². The van der Waals surface area contributed by atoms with E-state index < -0.39 is 0 Å². The summed E-state index contributed by atoms with van der Waals surface area (Å²) in [5, 5.41) is 7.65. The van der Waals surface area contributed by atoms with Crippen LogP contribution in [0, 0.1) is 12.8 Å². The average molecular weight is 255 g/mol. The molecule has 0 aliphatic carbocycles. The maximum Gasteiger partial charge on any atom is 0.0408 e. The van der Waals surface area contributed by atoms with Crippen LogP contribution in [0.1, 0.15) is 25.0 Å². The molecule has 0 unspecified atom stereocenters. The van der Waals surface area contributed by atoms with Crippen molar-refractivity contribution in [3.05, 3.63) is 34.3 Å². The highest BCUT2D eigenvalue weighted by atomic mass is 35.5. The zero-order valence-electron chi connectivity index (χ0n) is 11.0. The maximum atomic E-state index is 5.92. The lowest BCUT2D eigenvalue weighted by atomic mass is 10.1. The Morgan fingerprint density at radius 1 is 1.18 bits per heavy atom. The number of hydrogen-bond acceptors (Lipinski definition) is 2. The number of aryl methyl sites for hydroxylation is 1. The Morgan fingerprint density at radius 3 is 2.53 bits per heavy atom. The third kappa shape index (κ3) is 6.06. The molecule has 0 saturated heterocycles. The van der Waals surface area contributed by atoms with Crippen LogP contribution in [0.25, 0.3) is 0 Å². The summed E-state index contributed by atoms with van der Waals surface area (Å²) in [5.41, 5.74) is 2.57. The third-order valence-electron chi connectivity index (χ3n) is 2.65. The summed E-state index contributed by atoms with van der Waals surface area (Å²) >= 11 is 5.92. The molecule has 0 bridgehead atoms. The van der Waals surface area contributed by atoms with E-state index in [-0.39, 0.29) is 0 Å². The van der Waals surface area contributed by atoms with Crippen LogP contribution >= 0.6 is 11.6 Å². The van der Waals surface area contributed by atoms with Crippen LogP contribution in [0.15, 0.2) is 18.2 Å². The standard InChI is InChI=1S/C14H23ClN2/c1-11(2)9-16-6-7-17-10-13-4-5-14(15)8-12(13)3/h4-5,8,11,16-17H,6-7,9-10H2,1-3H3. The molecule has 0 aliphatic rings. The van der Waals surface area contributed by atoms with Crippen LogP contribution in [0.5, 0.6) is 0 Å². The molecular weight excluding hydrogens is 232 g/mol. The van der Waals surface area contributed by atoms with Gasteiger partial charge in [0.25, 0.3) is 0 Å². The molecule has 2 nitrogen and oxygen atoms in total. The van der Waals surface area contributed by atoms with E-state index in [2.05, 4.69) is 37.5 Å². The molecule has 3 heteroatoms. The molecule has 0 atom stereocenters. The molecule has 17 heavy (non-hydrogen) atoms. The van der Waals surface area contributed by atoms with Crippen LogP contribution < -0.4 is 10.6 Å². The summed E-state index contributed by atoms with van der Waals surface area (Å²) in [6.45, 7) is 10.5. The van der Waals surface area contributed by atoms with Gasteiger partial charge in [0.2, 0.25) is 0 Å². The molecule has 1 aromatic rings. The largest absolute Gasteiger partial charge is 0.315 e. The Bertz CT molecular complexity index is 337. The van der Waals surface area contributed by atoms with Gasteiger partial charge in [-0.15, -0.1) is 0 Å². The monoisotopic (exact) mass is 254 g/mol. The quantitative estimate of drug-likeness (QED) is 0.731. The van der Waals surface area contributed by atoms with Gasteiger partial charge in [-0.1, -0.05) is 31.5 Å². The van der Waals surface area contributed by atoms with Gasteiger partial charge in [-0.05, 0) is 42.6 Å². The number of benzene rings is 1. The second kappa shape index (κ2) is 7.70. The zero-order chi connectivity index (χ0) is 12.7. The van der Waals surface area contributed by atoms with E-state index in [1.165, 1.54) is 11.1 Å². The van der Waals surface area contributed by atoms with Gasteiger partial charge in [0, 0.05) is 24.7 Å². The fourth-order valence-electron chi connectivity index (χ4n) is 1.65. The average Bonchev–Trinajstić information content (AvgIpc) is 2.25.